The van der Waals surface area contributed by atoms with Crippen molar-refractivity contribution in [1.29, 1.82) is 0 Å². The predicted octanol–water partition coefficient (Wildman–Crippen LogP) is 0.953. The number of hydrogen-bond donors (Lipinski definition) is 1. The molecular weight excluding hydrogens is 136 g/mol. The molecule has 0 bridgehead atoms. The van der Waals surface area contributed by atoms with Crippen LogP contribution in [0.1, 0.15) is 15.3 Å². The van der Waals surface area contributed by atoms with Crippen LogP contribution in [0.3, 0.4) is 0 Å². The summed E-state index contributed by atoms with van der Waals surface area (Å²) < 4.78 is 0. The summed E-state index contributed by atoms with van der Waals surface area (Å²) in [5.74, 6) is 0. The normalized spacial score (nSPS) is 11.3. The van der Waals surface area contributed by atoms with Crippen LogP contribution in [0.25, 0.3) is 0 Å². The van der Waals surface area contributed by atoms with Crippen LogP contribution in [-0.2, 0) is 0 Å². The van der Waals surface area contributed by atoms with Crippen LogP contribution < -0.4 is 5.73 Å². The van der Waals surface area contributed by atoms with Crippen LogP contribution >= 0.6 is 12.4 Å². The average molecular weight is 155 g/mol. The second kappa shape index (κ2) is 4.09. The van der Waals surface area contributed by atoms with E-state index in [0.717, 1.165) is 0 Å². The van der Waals surface area contributed by atoms with Gasteiger partial charge in [0, 0.05) is 13.5 Å². The minimum Gasteiger partial charge on any atom is -0.329 e. The van der Waals surface area contributed by atoms with E-state index in [1.165, 1.54) is 0 Å². The Hall–Kier alpha value is 0.210. The molecule has 0 atom stereocenters. The molecule has 3 heteroatoms. The summed E-state index contributed by atoms with van der Waals surface area (Å²) >= 11 is 0. The van der Waals surface area contributed by atoms with E-state index in [2.05, 4.69) is 18.7 Å². The summed E-state index contributed by atoms with van der Waals surface area (Å²) in [5.41, 5.74) is 5.62. The predicted molar refractivity (Wildman–Crippen MR) is 46.2 cm³/mol. The smallest absolute Gasteiger partial charge is 0.0269 e. The maximum absolute atomic E-state index is 5.47. The van der Waals surface area contributed by atoms with Crippen LogP contribution in [-0.4, -0.2) is 31.1 Å². The first kappa shape index (κ1) is 11.9. The van der Waals surface area contributed by atoms with Crippen LogP contribution in [0, 0.1) is 0 Å². The van der Waals surface area contributed by atoms with E-state index in [-0.39, 0.29) is 19.4 Å². The third-order valence-electron chi connectivity index (χ3n) is 1.71. The molecule has 0 saturated heterocycles. The summed E-state index contributed by atoms with van der Waals surface area (Å²) in [6.07, 6.45) is 0. The highest BCUT2D eigenvalue weighted by Gasteiger charge is 2.16. The van der Waals surface area contributed by atoms with Gasteiger partial charge >= 0.3 is 0 Å². The SMILES string of the molecule is CN(C)C(C)(C)CN.Cl.[HH]. The molecule has 0 spiro atoms. The summed E-state index contributed by atoms with van der Waals surface area (Å²) in [6.45, 7) is 4.94. The van der Waals surface area contributed by atoms with Gasteiger partial charge in [0.05, 0.1) is 0 Å². The molecular formula is C6H19ClN2. The molecule has 9 heavy (non-hydrogen) atoms. The Bertz CT molecular complexity index is 76.1. The third kappa shape index (κ3) is 3.73. The fraction of sp³-hybridized carbons (Fsp3) is 1.00. The number of nitrogens with two attached hydrogens (primary N) is 1. The Labute approximate surface area is 65.3 Å². The van der Waals surface area contributed by atoms with Crippen molar-refractivity contribution in [2.45, 2.75) is 19.4 Å². The molecule has 0 aromatic heterocycles. The molecule has 0 aliphatic carbocycles. The van der Waals surface area contributed by atoms with Crippen LogP contribution in [0.15, 0.2) is 0 Å². The monoisotopic (exact) mass is 154 g/mol. The maximum Gasteiger partial charge on any atom is 0.0269 e. The number of hydrogen-bond acceptors (Lipinski definition) is 2. The van der Waals surface area contributed by atoms with Crippen LogP contribution in [0.2, 0.25) is 0 Å². The topological polar surface area (TPSA) is 29.3 Å². The van der Waals surface area contributed by atoms with Crippen molar-refractivity contribution >= 4 is 12.4 Å². The van der Waals surface area contributed by atoms with Crippen molar-refractivity contribution < 1.29 is 1.43 Å². The molecule has 0 amide bonds. The molecule has 0 heterocycles. The summed E-state index contributed by atoms with van der Waals surface area (Å²) in [6, 6.07) is 0. The van der Waals surface area contributed by atoms with Crippen molar-refractivity contribution in [2.24, 2.45) is 5.73 Å². The standard InChI is InChI=1S/C6H16N2.ClH.H2/c1-6(2,5-7)8(3)4;;/h5,7H2,1-4H3;2*1H. The highest BCUT2D eigenvalue weighted by molar-refractivity contribution is 5.85. The number of rotatable bonds is 2. The van der Waals surface area contributed by atoms with E-state index in [1.54, 1.807) is 0 Å². The molecule has 2 N–H and O–H groups in total. The Morgan fingerprint density at radius 3 is 1.78 bits per heavy atom. The lowest BCUT2D eigenvalue weighted by molar-refractivity contribution is 0.204. The minimum atomic E-state index is 0. The molecule has 0 fully saturated rings. The van der Waals surface area contributed by atoms with Gasteiger partial charge in [0.1, 0.15) is 0 Å². The molecule has 2 nitrogen and oxygen atoms in total. The van der Waals surface area contributed by atoms with E-state index in [9.17, 15) is 0 Å². The highest BCUT2D eigenvalue weighted by Crippen LogP contribution is 2.05. The first-order valence-electron chi connectivity index (χ1n) is 2.88. The second-order valence-corrected chi connectivity index (χ2v) is 2.91. The molecule has 0 aromatic carbocycles. The summed E-state index contributed by atoms with van der Waals surface area (Å²) in [5, 5.41) is 0. The Kier molecular flexibility index (Phi) is 5.43. The van der Waals surface area contributed by atoms with Crippen molar-refractivity contribution in [3.8, 4) is 0 Å². The average Bonchev–Trinajstić information content (AvgIpc) is 1.67. The largest absolute Gasteiger partial charge is 0.329 e. The molecule has 0 aliphatic heterocycles. The van der Waals surface area contributed by atoms with Gasteiger partial charge in [0.2, 0.25) is 0 Å². The van der Waals surface area contributed by atoms with E-state index in [1.807, 2.05) is 14.1 Å². The summed E-state index contributed by atoms with van der Waals surface area (Å²) in [4.78, 5) is 2.12. The van der Waals surface area contributed by atoms with Crippen molar-refractivity contribution in [2.75, 3.05) is 20.6 Å². The number of halogens is 1. The van der Waals surface area contributed by atoms with Crippen molar-refractivity contribution in [3.05, 3.63) is 0 Å². The second-order valence-electron chi connectivity index (χ2n) is 2.91. The van der Waals surface area contributed by atoms with E-state index < -0.39 is 0 Å². The molecule has 0 saturated carbocycles. The maximum atomic E-state index is 5.47. The van der Waals surface area contributed by atoms with Gasteiger partial charge in [-0.15, -0.1) is 12.4 Å². The molecule has 0 aliphatic rings. The molecule has 0 aromatic rings. The highest BCUT2D eigenvalue weighted by atomic mass is 35.5. The van der Waals surface area contributed by atoms with Gasteiger partial charge in [0.25, 0.3) is 0 Å². The first-order valence-corrected chi connectivity index (χ1v) is 2.88. The van der Waals surface area contributed by atoms with Gasteiger partial charge < -0.3 is 10.6 Å². The van der Waals surface area contributed by atoms with Crippen molar-refractivity contribution in [3.63, 3.8) is 0 Å². The van der Waals surface area contributed by atoms with Gasteiger partial charge in [-0.25, -0.2) is 0 Å². The van der Waals surface area contributed by atoms with Gasteiger partial charge in [-0.05, 0) is 27.9 Å². The van der Waals surface area contributed by atoms with Crippen LogP contribution in [0.4, 0.5) is 0 Å². The van der Waals surface area contributed by atoms with Gasteiger partial charge in [-0.1, -0.05) is 0 Å². The van der Waals surface area contributed by atoms with Crippen LogP contribution in [0.5, 0.6) is 0 Å². The molecule has 60 valence electrons. The Balaban J connectivity index is -0.000000245. The lowest BCUT2D eigenvalue weighted by Gasteiger charge is -2.30. The van der Waals surface area contributed by atoms with Gasteiger partial charge in [0.15, 0.2) is 0 Å². The van der Waals surface area contributed by atoms with Crippen molar-refractivity contribution in [1.82, 2.24) is 4.90 Å². The summed E-state index contributed by atoms with van der Waals surface area (Å²) in [7, 11) is 4.07. The minimum absolute atomic E-state index is 0. The fourth-order valence-electron chi connectivity index (χ4n) is 0.183. The van der Waals surface area contributed by atoms with Gasteiger partial charge in [-0.3, -0.25) is 0 Å². The lowest BCUT2D eigenvalue weighted by Crippen LogP contribution is -2.44. The molecule has 0 unspecified atom stereocenters. The Morgan fingerprint density at radius 1 is 1.44 bits per heavy atom. The lowest BCUT2D eigenvalue weighted by atomic mass is 10.1. The molecule has 0 rings (SSSR count). The zero-order valence-electron chi connectivity index (χ0n) is 6.64. The van der Waals surface area contributed by atoms with E-state index in [0.29, 0.717) is 6.54 Å². The van der Waals surface area contributed by atoms with E-state index in [4.69, 9.17) is 5.73 Å². The van der Waals surface area contributed by atoms with Gasteiger partial charge in [-0.2, -0.15) is 0 Å². The number of likely N-dealkylation sites (N-methyl/N-ethyl adjacent to an activating group) is 1. The van der Waals surface area contributed by atoms with E-state index >= 15 is 0 Å². The zero-order valence-corrected chi connectivity index (χ0v) is 7.46. The molecule has 0 radical (unpaired) electrons. The quantitative estimate of drug-likeness (QED) is 0.642. The fourth-order valence-corrected chi connectivity index (χ4v) is 0.183. The first-order chi connectivity index (χ1) is 3.50. The third-order valence-corrected chi connectivity index (χ3v) is 1.71. The zero-order chi connectivity index (χ0) is 6.78. The Morgan fingerprint density at radius 2 is 1.78 bits per heavy atom. The number of nitrogens with zero attached hydrogens (tertiary/aromatic N) is 1.